The van der Waals surface area contributed by atoms with Crippen molar-refractivity contribution in [1.29, 1.82) is 0 Å². The van der Waals surface area contributed by atoms with Crippen molar-refractivity contribution < 1.29 is 22.3 Å². The standard InChI is InChI=1S/C16H13F4NO2/c1-2-6-23-10-7-11(17)16(12(18)8-10)13-4-3-5-15(22)21(13)9-14(19)20/h2-5,7-8,14H,1,6,9H2. The SMILES string of the molecule is C=CCOc1cc(F)c(-c2cccc(=O)n2CC(F)F)c(F)c1. The molecule has 7 heteroatoms. The van der Waals surface area contributed by atoms with Crippen LogP contribution in [0.1, 0.15) is 0 Å². The van der Waals surface area contributed by atoms with Crippen LogP contribution in [-0.2, 0) is 6.54 Å². The second kappa shape index (κ2) is 7.13. The summed E-state index contributed by atoms with van der Waals surface area (Å²) >= 11 is 0. The predicted molar refractivity (Wildman–Crippen MR) is 77.8 cm³/mol. The Morgan fingerprint density at radius 2 is 1.87 bits per heavy atom. The van der Waals surface area contributed by atoms with Crippen LogP contribution in [0.25, 0.3) is 11.3 Å². The van der Waals surface area contributed by atoms with Crippen LogP contribution >= 0.6 is 0 Å². The van der Waals surface area contributed by atoms with E-state index < -0.39 is 35.7 Å². The van der Waals surface area contributed by atoms with Crippen LogP contribution in [0.15, 0.2) is 47.8 Å². The highest BCUT2D eigenvalue weighted by molar-refractivity contribution is 5.62. The quantitative estimate of drug-likeness (QED) is 0.599. The highest BCUT2D eigenvalue weighted by Crippen LogP contribution is 2.29. The van der Waals surface area contributed by atoms with E-state index in [-0.39, 0.29) is 18.1 Å². The number of rotatable bonds is 6. The van der Waals surface area contributed by atoms with E-state index in [0.29, 0.717) is 4.57 Å². The third kappa shape index (κ3) is 3.80. The molecule has 2 rings (SSSR count). The smallest absolute Gasteiger partial charge is 0.256 e. The fourth-order valence-corrected chi connectivity index (χ4v) is 2.10. The Morgan fingerprint density at radius 1 is 1.22 bits per heavy atom. The van der Waals surface area contributed by atoms with Crippen molar-refractivity contribution in [3.8, 4) is 17.0 Å². The summed E-state index contributed by atoms with van der Waals surface area (Å²) < 4.78 is 59.4. The number of hydrogen-bond donors (Lipinski definition) is 0. The molecule has 122 valence electrons. The maximum Gasteiger partial charge on any atom is 0.256 e. The van der Waals surface area contributed by atoms with Crippen molar-refractivity contribution >= 4 is 0 Å². The van der Waals surface area contributed by atoms with E-state index >= 15 is 0 Å². The summed E-state index contributed by atoms with van der Waals surface area (Å²) in [6.45, 7) is 2.51. The number of aromatic nitrogens is 1. The van der Waals surface area contributed by atoms with Crippen molar-refractivity contribution in [3.05, 3.63) is 65.0 Å². The van der Waals surface area contributed by atoms with Crippen LogP contribution in [0, 0.1) is 11.6 Å². The summed E-state index contributed by atoms with van der Waals surface area (Å²) in [4.78, 5) is 11.7. The summed E-state index contributed by atoms with van der Waals surface area (Å²) in [6.07, 6.45) is -1.43. The highest BCUT2D eigenvalue weighted by Gasteiger charge is 2.19. The van der Waals surface area contributed by atoms with Gasteiger partial charge in [-0.3, -0.25) is 4.79 Å². The molecular weight excluding hydrogens is 314 g/mol. The minimum Gasteiger partial charge on any atom is -0.489 e. The first-order valence-corrected chi connectivity index (χ1v) is 6.65. The van der Waals surface area contributed by atoms with Gasteiger partial charge >= 0.3 is 0 Å². The summed E-state index contributed by atoms with van der Waals surface area (Å²) in [5.41, 5.74) is -1.59. The topological polar surface area (TPSA) is 31.2 Å². The average molecular weight is 327 g/mol. The van der Waals surface area contributed by atoms with Gasteiger partial charge in [0.05, 0.1) is 17.8 Å². The molecule has 2 aromatic rings. The first-order valence-electron chi connectivity index (χ1n) is 6.65. The molecule has 23 heavy (non-hydrogen) atoms. The number of ether oxygens (including phenoxy) is 1. The molecule has 0 saturated heterocycles. The molecular formula is C16H13F4NO2. The normalized spacial score (nSPS) is 10.8. The molecule has 0 bridgehead atoms. The summed E-state index contributed by atoms with van der Waals surface area (Å²) in [5.74, 6) is -2.10. The van der Waals surface area contributed by atoms with Crippen LogP contribution < -0.4 is 10.3 Å². The van der Waals surface area contributed by atoms with Gasteiger partial charge in [-0.25, -0.2) is 17.6 Å². The number of nitrogens with zero attached hydrogens (tertiary/aromatic N) is 1. The van der Waals surface area contributed by atoms with Gasteiger partial charge in [0.2, 0.25) is 0 Å². The molecule has 0 N–H and O–H groups in total. The van der Waals surface area contributed by atoms with Crippen molar-refractivity contribution in [3.63, 3.8) is 0 Å². The monoisotopic (exact) mass is 327 g/mol. The van der Waals surface area contributed by atoms with Gasteiger partial charge in [0.25, 0.3) is 12.0 Å². The second-order valence-corrected chi connectivity index (χ2v) is 4.61. The van der Waals surface area contributed by atoms with Crippen LogP contribution in [0.5, 0.6) is 5.75 Å². The maximum absolute atomic E-state index is 14.2. The Balaban J connectivity index is 2.56. The molecule has 1 aromatic heterocycles. The molecule has 1 heterocycles. The lowest BCUT2D eigenvalue weighted by Crippen LogP contribution is -2.24. The van der Waals surface area contributed by atoms with Gasteiger partial charge in [-0.2, -0.15) is 0 Å². The number of pyridine rings is 1. The van der Waals surface area contributed by atoms with E-state index in [4.69, 9.17) is 4.74 Å². The zero-order chi connectivity index (χ0) is 17.0. The Morgan fingerprint density at radius 3 is 2.43 bits per heavy atom. The number of benzene rings is 1. The molecule has 0 amide bonds. The van der Waals surface area contributed by atoms with Crippen molar-refractivity contribution in [2.24, 2.45) is 0 Å². The van der Waals surface area contributed by atoms with Crippen molar-refractivity contribution in [2.75, 3.05) is 6.61 Å². The van der Waals surface area contributed by atoms with Gasteiger partial charge in [-0.05, 0) is 6.07 Å². The van der Waals surface area contributed by atoms with E-state index in [1.54, 1.807) is 0 Å². The van der Waals surface area contributed by atoms with E-state index in [1.807, 2.05) is 0 Å². The van der Waals surface area contributed by atoms with Crippen LogP contribution in [0.3, 0.4) is 0 Å². The fraction of sp³-hybridized carbons (Fsp3) is 0.188. The Bertz CT molecular complexity index is 748. The molecule has 3 nitrogen and oxygen atoms in total. The summed E-state index contributed by atoms with van der Waals surface area (Å²) in [6, 6.07) is 5.34. The minimum atomic E-state index is -2.84. The molecule has 1 aromatic carbocycles. The minimum absolute atomic E-state index is 0.0552. The van der Waals surface area contributed by atoms with Crippen LogP contribution in [-0.4, -0.2) is 17.6 Å². The van der Waals surface area contributed by atoms with Gasteiger partial charge in [0, 0.05) is 18.2 Å². The van der Waals surface area contributed by atoms with Gasteiger partial charge in [0.15, 0.2) is 0 Å². The largest absolute Gasteiger partial charge is 0.489 e. The number of hydrogen-bond acceptors (Lipinski definition) is 2. The lowest BCUT2D eigenvalue weighted by molar-refractivity contribution is 0.126. The zero-order valence-electron chi connectivity index (χ0n) is 11.9. The predicted octanol–water partition coefficient (Wildman–Crippen LogP) is 3.62. The van der Waals surface area contributed by atoms with Gasteiger partial charge in [-0.15, -0.1) is 0 Å². The van der Waals surface area contributed by atoms with E-state index in [0.717, 1.165) is 18.2 Å². The van der Waals surface area contributed by atoms with E-state index in [9.17, 15) is 22.4 Å². The summed E-state index contributed by atoms with van der Waals surface area (Å²) in [7, 11) is 0. The second-order valence-electron chi connectivity index (χ2n) is 4.61. The van der Waals surface area contributed by atoms with Crippen molar-refractivity contribution in [1.82, 2.24) is 4.57 Å². The molecule has 0 spiro atoms. The summed E-state index contributed by atoms with van der Waals surface area (Å²) in [5, 5.41) is 0. The van der Waals surface area contributed by atoms with E-state index in [1.165, 1.54) is 18.2 Å². The molecule has 0 radical (unpaired) electrons. The maximum atomic E-state index is 14.2. The van der Waals surface area contributed by atoms with Crippen LogP contribution in [0.2, 0.25) is 0 Å². The molecule has 0 aliphatic rings. The lowest BCUT2D eigenvalue weighted by atomic mass is 10.1. The molecule has 0 aliphatic heterocycles. The highest BCUT2D eigenvalue weighted by atomic mass is 19.3. The van der Waals surface area contributed by atoms with Gasteiger partial charge in [-0.1, -0.05) is 18.7 Å². The first-order chi connectivity index (χ1) is 10.9. The molecule has 0 aliphatic carbocycles. The van der Waals surface area contributed by atoms with E-state index in [2.05, 4.69) is 6.58 Å². The number of halogens is 4. The van der Waals surface area contributed by atoms with Gasteiger partial charge in [0.1, 0.15) is 24.0 Å². The third-order valence-electron chi connectivity index (χ3n) is 3.01. The zero-order valence-corrected chi connectivity index (χ0v) is 11.9. The average Bonchev–Trinajstić information content (AvgIpc) is 2.47. The fourth-order valence-electron chi connectivity index (χ4n) is 2.10. The Hall–Kier alpha value is -2.57. The Kier molecular flexibility index (Phi) is 5.20. The third-order valence-corrected chi connectivity index (χ3v) is 3.01. The lowest BCUT2D eigenvalue weighted by Gasteiger charge is -2.14. The molecule has 0 unspecified atom stereocenters. The molecule has 0 fully saturated rings. The Labute approximate surface area is 129 Å². The molecule has 0 atom stereocenters. The van der Waals surface area contributed by atoms with Crippen LogP contribution in [0.4, 0.5) is 17.6 Å². The van der Waals surface area contributed by atoms with Gasteiger partial charge < -0.3 is 9.30 Å². The number of alkyl halides is 2. The van der Waals surface area contributed by atoms with Crippen molar-refractivity contribution in [2.45, 2.75) is 13.0 Å². The first kappa shape index (κ1) is 16.8. The molecule has 0 saturated carbocycles.